The number of hydrogen-bond acceptors (Lipinski definition) is 3. The first-order valence-corrected chi connectivity index (χ1v) is 6.42. The van der Waals surface area contributed by atoms with Gasteiger partial charge in [-0.2, -0.15) is 0 Å². The van der Waals surface area contributed by atoms with Crippen LogP contribution in [0, 0.1) is 13.8 Å². The first-order chi connectivity index (χ1) is 9.49. The number of carboxylic acids is 1. The molecule has 0 aliphatic heterocycles. The molecule has 0 saturated heterocycles. The van der Waals surface area contributed by atoms with E-state index in [0.29, 0.717) is 17.4 Å². The van der Waals surface area contributed by atoms with E-state index >= 15 is 0 Å². The number of aryl methyl sites for hydroxylation is 2. The fourth-order valence-electron chi connectivity index (χ4n) is 1.97. The molecule has 0 radical (unpaired) electrons. The van der Waals surface area contributed by atoms with Crippen molar-refractivity contribution in [1.29, 1.82) is 0 Å². The van der Waals surface area contributed by atoms with Crippen LogP contribution in [0.5, 0.6) is 5.75 Å². The quantitative estimate of drug-likeness (QED) is 0.934. The number of halogens is 1. The van der Waals surface area contributed by atoms with Crippen molar-refractivity contribution in [2.75, 3.05) is 0 Å². The maximum Gasteiger partial charge on any atom is 0.335 e. The Morgan fingerprint density at radius 1 is 1.35 bits per heavy atom. The Morgan fingerprint density at radius 3 is 2.55 bits per heavy atom. The van der Waals surface area contributed by atoms with Gasteiger partial charge in [0.25, 0.3) is 0 Å². The van der Waals surface area contributed by atoms with Crippen LogP contribution in [0.15, 0.2) is 30.6 Å². The molecule has 0 bridgehead atoms. The van der Waals surface area contributed by atoms with Gasteiger partial charge in [0, 0.05) is 18.0 Å². The van der Waals surface area contributed by atoms with Crippen LogP contribution < -0.4 is 4.74 Å². The highest BCUT2D eigenvalue weighted by atomic mass is 35.5. The van der Waals surface area contributed by atoms with Gasteiger partial charge in [0.1, 0.15) is 12.4 Å². The standard InChI is InChI=1S/C15H14ClNO3/c1-9-5-12(15(18)19)6-10(2)14(9)20-8-11-3-4-17-7-13(11)16/h3-7H,8H2,1-2H3,(H,18,19). The molecular weight excluding hydrogens is 278 g/mol. The lowest BCUT2D eigenvalue weighted by Gasteiger charge is -2.13. The lowest BCUT2D eigenvalue weighted by atomic mass is 10.1. The van der Waals surface area contributed by atoms with E-state index in [9.17, 15) is 4.79 Å². The van der Waals surface area contributed by atoms with Crippen LogP contribution in [0.1, 0.15) is 27.0 Å². The second-order valence-corrected chi connectivity index (χ2v) is 4.91. The minimum Gasteiger partial charge on any atom is -0.488 e. The molecule has 0 atom stereocenters. The second-order valence-electron chi connectivity index (χ2n) is 4.50. The summed E-state index contributed by atoms with van der Waals surface area (Å²) in [6, 6.07) is 4.98. The number of carbonyl (C=O) groups is 1. The molecule has 0 aliphatic carbocycles. The maximum absolute atomic E-state index is 11.0. The summed E-state index contributed by atoms with van der Waals surface area (Å²) >= 11 is 6.02. The molecule has 1 aromatic heterocycles. The van der Waals surface area contributed by atoms with E-state index in [1.807, 2.05) is 13.8 Å². The van der Waals surface area contributed by atoms with Gasteiger partial charge in [-0.3, -0.25) is 4.98 Å². The van der Waals surface area contributed by atoms with E-state index in [-0.39, 0.29) is 5.56 Å². The SMILES string of the molecule is Cc1cc(C(=O)O)cc(C)c1OCc1ccncc1Cl. The Labute approximate surface area is 122 Å². The van der Waals surface area contributed by atoms with Crippen molar-refractivity contribution >= 4 is 17.6 Å². The first kappa shape index (κ1) is 14.3. The predicted molar refractivity (Wildman–Crippen MR) is 76.5 cm³/mol. The molecule has 0 aliphatic rings. The lowest BCUT2D eigenvalue weighted by molar-refractivity contribution is 0.0696. The van der Waals surface area contributed by atoms with Crippen LogP contribution in [0.3, 0.4) is 0 Å². The van der Waals surface area contributed by atoms with Crippen molar-refractivity contribution in [2.45, 2.75) is 20.5 Å². The van der Waals surface area contributed by atoms with Crippen molar-refractivity contribution in [3.63, 3.8) is 0 Å². The first-order valence-electron chi connectivity index (χ1n) is 6.04. The topological polar surface area (TPSA) is 59.4 Å². The monoisotopic (exact) mass is 291 g/mol. The maximum atomic E-state index is 11.0. The third kappa shape index (κ3) is 3.08. The zero-order valence-corrected chi connectivity index (χ0v) is 11.9. The molecule has 104 valence electrons. The third-order valence-electron chi connectivity index (χ3n) is 2.94. The van der Waals surface area contributed by atoms with Crippen LogP contribution in [-0.4, -0.2) is 16.1 Å². The number of ether oxygens (including phenoxy) is 1. The van der Waals surface area contributed by atoms with E-state index in [1.54, 1.807) is 30.6 Å². The van der Waals surface area contributed by atoms with Crippen molar-refractivity contribution in [2.24, 2.45) is 0 Å². The van der Waals surface area contributed by atoms with Gasteiger partial charge in [-0.1, -0.05) is 11.6 Å². The minimum absolute atomic E-state index is 0.259. The molecular formula is C15H14ClNO3. The van der Waals surface area contributed by atoms with Gasteiger partial charge in [-0.25, -0.2) is 4.79 Å². The van der Waals surface area contributed by atoms with Gasteiger partial charge in [-0.15, -0.1) is 0 Å². The molecule has 4 nitrogen and oxygen atoms in total. The van der Waals surface area contributed by atoms with Gasteiger partial charge >= 0.3 is 5.97 Å². The number of benzene rings is 1. The summed E-state index contributed by atoms with van der Waals surface area (Å²) in [6.45, 7) is 3.96. The highest BCUT2D eigenvalue weighted by Gasteiger charge is 2.11. The number of hydrogen-bond donors (Lipinski definition) is 1. The highest BCUT2D eigenvalue weighted by molar-refractivity contribution is 6.31. The van der Waals surface area contributed by atoms with Crippen LogP contribution >= 0.6 is 11.6 Å². The fraction of sp³-hybridized carbons (Fsp3) is 0.200. The van der Waals surface area contributed by atoms with Crippen LogP contribution in [0.2, 0.25) is 5.02 Å². The van der Waals surface area contributed by atoms with E-state index in [0.717, 1.165) is 16.7 Å². The number of aromatic carboxylic acids is 1. The summed E-state index contributed by atoms with van der Waals surface area (Å²) in [5.74, 6) is -0.261. The minimum atomic E-state index is -0.945. The number of pyridine rings is 1. The Hall–Kier alpha value is -2.07. The lowest BCUT2D eigenvalue weighted by Crippen LogP contribution is -2.03. The van der Waals surface area contributed by atoms with Gasteiger partial charge in [0.15, 0.2) is 0 Å². The van der Waals surface area contributed by atoms with Crippen molar-refractivity contribution in [3.05, 3.63) is 57.9 Å². The summed E-state index contributed by atoms with van der Waals surface area (Å²) in [5, 5.41) is 9.55. The van der Waals surface area contributed by atoms with E-state index < -0.39 is 5.97 Å². The Balaban J connectivity index is 2.22. The van der Waals surface area contributed by atoms with Crippen LogP contribution in [0.25, 0.3) is 0 Å². The Bertz CT molecular complexity index is 632. The molecule has 20 heavy (non-hydrogen) atoms. The number of rotatable bonds is 4. The average Bonchev–Trinajstić information content (AvgIpc) is 2.39. The largest absolute Gasteiger partial charge is 0.488 e. The summed E-state index contributed by atoms with van der Waals surface area (Å²) in [7, 11) is 0. The molecule has 5 heteroatoms. The van der Waals surface area contributed by atoms with Gasteiger partial charge in [-0.05, 0) is 43.2 Å². The zero-order valence-electron chi connectivity index (χ0n) is 11.2. The molecule has 0 saturated carbocycles. The molecule has 0 amide bonds. The smallest absolute Gasteiger partial charge is 0.335 e. The molecule has 0 unspecified atom stereocenters. The predicted octanol–water partition coefficient (Wildman–Crippen LogP) is 3.63. The molecule has 0 spiro atoms. The molecule has 2 rings (SSSR count). The highest BCUT2D eigenvalue weighted by Crippen LogP contribution is 2.26. The molecule has 1 heterocycles. The number of nitrogens with zero attached hydrogens (tertiary/aromatic N) is 1. The van der Waals surface area contributed by atoms with Gasteiger partial charge in [0.2, 0.25) is 0 Å². The number of aromatic nitrogens is 1. The zero-order chi connectivity index (χ0) is 14.7. The van der Waals surface area contributed by atoms with Crippen LogP contribution in [-0.2, 0) is 6.61 Å². The van der Waals surface area contributed by atoms with Crippen molar-refractivity contribution < 1.29 is 14.6 Å². The molecule has 2 aromatic rings. The number of carboxylic acid groups (broad SMARTS) is 1. The Morgan fingerprint density at radius 2 is 2.00 bits per heavy atom. The van der Waals surface area contributed by atoms with Crippen molar-refractivity contribution in [1.82, 2.24) is 4.98 Å². The second kappa shape index (κ2) is 5.92. The molecule has 1 N–H and O–H groups in total. The van der Waals surface area contributed by atoms with Gasteiger partial charge < -0.3 is 9.84 Å². The third-order valence-corrected chi connectivity index (χ3v) is 3.28. The summed E-state index contributed by atoms with van der Waals surface area (Å²) in [4.78, 5) is 14.9. The summed E-state index contributed by atoms with van der Waals surface area (Å²) < 4.78 is 5.76. The Kier molecular flexibility index (Phi) is 4.25. The van der Waals surface area contributed by atoms with Crippen molar-refractivity contribution in [3.8, 4) is 5.75 Å². The molecule has 0 fully saturated rings. The normalized spacial score (nSPS) is 10.3. The van der Waals surface area contributed by atoms with E-state index in [1.165, 1.54) is 0 Å². The van der Waals surface area contributed by atoms with E-state index in [2.05, 4.69) is 4.98 Å². The van der Waals surface area contributed by atoms with Gasteiger partial charge in [0.05, 0.1) is 10.6 Å². The summed E-state index contributed by atoms with van der Waals surface area (Å²) in [6.07, 6.45) is 3.21. The fourth-order valence-corrected chi connectivity index (χ4v) is 2.15. The van der Waals surface area contributed by atoms with E-state index in [4.69, 9.17) is 21.4 Å². The summed E-state index contributed by atoms with van der Waals surface area (Å²) in [5.41, 5.74) is 2.66. The average molecular weight is 292 g/mol. The van der Waals surface area contributed by atoms with Crippen LogP contribution in [0.4, 0.5) is 0 Å². The molecule has 1 aromatic carbocycles.